The Morgan fingerprint density at radius 3 is 2.55 bits per heavy atom. The van der Waals surface area contributed by atoms with Gasteiger partial charge in [-0.2, -0.15) is 0 Å². The molecule has 0 fully saturated rings. The lowest BCUT2D eigenvalue weighted by Gasteiger charge is -2.26. The minimum atomic E-state index is 0. The van der Waals surface area contributed by atoms with Gasteiger partial charge in [-0.05, 0) is 29.2 Å². The van der Waals surface area contributed by atoms with E-state index in [0.29, 0.717) is 5.96 Å². The Balaban J connectivity index is 0.00000121. The highest BCUT2D eigenvalue weighted by Crippen LogP contribution is 2.39. The van der Waals surface area contributed by atoms with E-state index in [2.05, 4.69) is 58.4 Å². The first kappa shape index (κ1) is 13.0. The Labute approximate surface area is 124 Å². The number of nitrogens with zero attached hydrogens (tertiary/aromatic N) is 2. The summed E-state index contributed by atoms with van der Waals surface area (Å²) in [6.07, 6.45) is 0.965. The van der Waals surface area contributed by atoms with E-state index in [-0.39, 0.29) is 18.4 Å². The molecule has 2 aliphatic rings. The lowest BCUT2D eigenvalue weighted by Crippen LogP contribution is -2.36. The van der Waals surface area contributed by atoms with Crippen molar-refractivity contribution >= 4 is 24.1 Å². The number of rotatable bonds is 0. The topological polar surface area (TPSA) is 41.6 Å². The van der Waals surface area contributed by atoms with Crippen molar-refractivity contribution in [1.29, 1.82) is 0 Å². The van der Waals surface area contributed by atoms with Crippen LogP contribution in [0.25, 0.3) is 0 Å². The molecule has 0 aliphatic carbocycles. The van der Waals surface area contributed by atoms with Gasteiger partial charge >= 0.3 is 0 Å². The van der Waals surface area contributed by atoms with Crippen molar-refractivity contribution in [3.05, 3.63) is 65.2 Å². The van der Waals surface area contributed by atoms with Crippen molar-refractivity contribution in [3.63, 3.8) is 0 Å². The van der Waals surface area contributed by atoms with Crippen molar-refractivity contribution in [1.82, 2.24) is 0 Å². The third-order valence-electron chi connectivity index (χ3n) is 4.03. The van der Waals surface area contributed by atoms with Gasteiger partial charge < -0.3 is 10.6 Å². The maximum Gasteiger partial charge on any atom is 0.196 e. The predicted octanol–water partition coefficient (Wildman–Crippen LogP) is 2.89. The average Bonchev–Trinajstić information content (AvgIpc) is 2.75. The van der Waals surface area contributed by atoms with Crippen LogP contribution in [0, 0.1) is 0 Å². The van der Waals surface area contributed by atoms with Crippen molar-refractivity contribution in [3.8, 4) is 0 Å². The highest BCUT2D eigenvalue weighted by atomic mass is 35.5. The number of para-hydroxylation sites is 1. The maximum atomic E-state index is 6.11. The van der Waals surface area contributed by atoms with Gasteiger partial charge in [0.1, 0.15) is 0 Å². The molecule has 0 radical (unpaired) electrons. The van der Waals surface area contributed by atoms with E-state index in [9.17, 15) is 0 Å². The number of guanidine groups is 1. The number of halogens is 1. The molecule has 20 heavy (non-hydrogen) atoms. The molecule has 2 aliphatic heterocycles. The molecule has 0 spiro atoms. The second-order valence-corrected chi connectivity index (χ2v) is 5.09. The zero-order valence-electron chi connectivity index (χ0n) is 11.0. The molecule has 2 N–H and O–H groups in total. The van der Waals surface area contributed by atoms with Crippen LogP contribution in [0.1, 0.15) is 22.7 Å². The van der Waals surface area contributed by atoms with E-state index < -0.39 is 0 Å². The van der Waals surface area contributed by atoms with Crippen molar-refractivity contribution in [2.45, 2.75) is 12.5 Å². The number of hydrogen-bond acceptors (Lipinski definition) is 3. The summed E-state index contributed by atoms with van der Waals surface area (Å²) in [5.41, 5.74) is 11.4. The minimum Gasteiger partial charge on any atom is -0.369 e. The van der Waals surface area contributed by atoms with E-state index in [0.717, 1.165) is 13.0 Å². The molecule has 0 aromatic heterocycles. The molecule has 3 nitrogen and oxygen atoms in total. The van der Waals surface area contributed by atoms with Gasteiger partial charge in [-0.3, -0.25) is 4.99 Å². The minimum absolute atomic E-state index is 0. The number of aliphatic imine (C=N–C) groups is 1. The molecule has 4 heteroatoms. The summed E-state index contributed by atoms with van der Waals surface area (Å²) < 4.78 is 0. The molecule has 2 aromatic carbocycles. The fourth-order valence-electron chi connectivity index (χ4n) is 3.15. The molecule has 0 saturated carbocycles. The van der Waals surface area contributed by atoms with Crippen LogP contribution in [0.5, 0.6) is 0 Å². The van der Waals surface area contributed by atoms with Crippen LogP contribution in [-0.4, -0.2) is 12.5 Å². The van der Waals surface area contributed by atoms with E-state index in [1.54, 1.807) is 0 Å². The van der Waals surface area contributed by atoms with Crippen molar-refractivity contribution in [2.75, 3.05) is 11.4 Å². The summed E-state index contributed by atoms with van der Waals surface area (Å²) in [4.78, 5) is 6.62. The summed E-state index contributed by atoms with van der Waals surface area (Å²) >= 11 is 0. The normalized spacial score (nSPS) is 19.1. The molecule has 102 valence electrons. The van der Waals surface area contributed by atoms with Crippen LogP contribution < -0.4 is 10.6 Å². The molecular weight excluding hydrogens is 270 g/mol. The highest BCUT2D eigenvalue weighted by molar-refractivity contribution is 5.98. The lowest BCUT2D eigenvalue weighted by molar-refractivity contribution is 0.768. The monoisotopic (exact) mass is 285 g/mol. The smallest absolute Gasteiger partial charge is 0.196 e. The fraction of sp³-hybridized carbons (Fsp3) is 0.188. The van der Waals surface area contributed by atoms with Gasteiger partial charge in [-0.25, -0.2) is 0 Å². The molecular formula is C16H16ClN3. The fourth-order valence-corrected chi connectivity index (χ4v) is 3.15. The standard InChI is InChI=1S/C16H15N3.ClH/c17-16-18-10-15-13-7-3-1-5-11(13)9-12-6-2-4-8-14(12)19(15)16;/h1-8,15H,9-10H2,(H2,17,18);1H/t15-;/m0./s1. The maximum absolute atomic E-state index is 6.11. The largest absolute Gasteiger partial charge is 0.369 e. The predicted molar refractivity (Wildman–Crippen MR) is 84.6 cm³/mol. The number of anilines is 1. The molecule has 0 amide bonds. The van der Waals surface area contributed by atoms with Crippen LogP contribution in [0.2, 0.25) is 0 Å². The summed E-state index contributed by atoms with van der Waals surface area (Å²) in [5.74, 6) is 0.633. The summed E-state index contributed by atoms with van der Waals surface area (Å²) in [7, 11) is 0. The van der Waals surface area contributed by atoms with Gasteiger partial charge in [0.2, 0.25) is 0 Å². The zero-order valence-corrected chi connectivity index (χ0v) is 11.8. The Hall–Kier alpha value is -2.00. The highest BCUT2D eigenvalue weighted by Gasteiger charge is 2.33. The van der Waals surface area contributed by atoms with E-state index >= 15 is 0 Å². The van der Waals surface area contributed by atoms with Crippen LogP contribution in [0.15, 0.2) is 53.5 Å². The zero-order chi connectivity index (χ0) is 12.8. The molecule has 0 bridgehead atoms. The molecule has 0 unspecified atom stereocenters. The summed E-state index contributed by atoms with van der Waals surface area (Å²) in [6, 6.07) is 17.3. The Bertz CT molecular complexity index is 681. The second-order valence-electron chi connectivity index (χ2n) is 5.09. The van der Waals surface area contributed by atoms with E-state index in [1.165, 1.54) is 22.4 Å². The number of fused-ring (bicyclic) bond motifs is 5. The third-order valence-corrected chi connectivity index (χ3v) is 4.03. The summed E-state index contributed by atoms with van der Waals surface area (Å²) in [5, 5.41) is 0. The molecule has 2 heterocycles. The van der Waals surface area contributed by atoms with Gasteiger partial charge in [0.25, 0.3) is 0 Å². The number of benzene rings is 2. The Kier molecular flexibility index (Phi) is 3.14. The van der Waals surface area contributed by atoms with Crippen LogP contribution in [-0.2, 0) is 6.42 Å². The lowest BCUT2D eigenvalue weighted by atomic mass is 9.97. The van der Waals surface area contributed by atoms with Crippen LogP contribution in [0.4, 0.5) is 5.69 Å². The van der Waals surface area contributed by atoms with Gasteiger partial charge in [0, 0.05) is 5.69 Å². The SMILES string of the molecule is Cl.NC1=NC[C@H]2c3ccccc3Cc3ccccc3N12. The van der Waals surface area contributed by atoms with Crippen molar-refractivity contribution < 1.29 is 0 Å². The number of nitrogens with two attached hydrogens (primary N) is 1. The van der Waals surface area contributed by atoms with E-state index in [4.69, 9.17) is 5.73 Å². The first-order valence-corrected chi connectivity index (χ1v) is 6.59. The van der Waals surface area contributed by atoms with Gasteiger partial charge in [-0.1, -0.05) is 42.5 Å². The van der Waals surface area contributed by atoms with Gasteiger partial charge in [-0.15, -0.1) is 12.4 Å². The van der Waals surface area contributed by atoms with Crippen LogP contribution >= 0.6 is 12.4 Å². The average molecular weight is 286 g/mol. The van der Waals surface area contributed by atoms with E-state index in [1.807, 2.05) is 0 Å². The molecule has 1 atom stereocenters. The Morgan fingerprint density at radius 2 is 1.70 bits per heavy atom. The van der Waals surface area contributed by atoms with Gasteiger partial charge in [0.05, 0.1) is 12.6 Å². The number of hydrogen-bond donors (Lipinski definition) is 1. The first-order chi connectivity index (χ1) is 9.34. The molecule has 4 rings (SSSR count). The quantitative estimate of drug-likeness (QED) is 0.809. The van der Waals surface area contributed by atoms with Gasteiger partial charge in [0.15, 0.2) is 5.96 Å². The summed E-state index contributed by atoms with van der Waals surface area (Å²) in [6.45, 7) is 0.747. The molecule has 0 saturated heterocycles. The molecule has 2 aromatic rings. The van der Waals surface area contributed by atoms with Crippen molar-refractivity contribution in [2.24, 2.45) is 10.7 Å². The van der Waals surface area contributed by atoms with Crippen LogP contribution in [0.3, 0.4) is 0 Å². The third kappa shape index (κ3) is 1.78. The Morgan fingerprint density at radius 1 is 1.00 bits per heavy atom. The second kappa shape index (κ2) is 4.84. The first-order valence-electron chi connectivity index (χ1n) is 6.59.